The lowest BCUT2D eigenvalue weighted by molar-refractivity contribution is -0.384. The third-order valence-corrected chi connectivity index (χ3v) is 5.10. The van der Waals surface area contributed by atoms with Crippen LogP contribution in [0.15, 0.2) is 36.4 Å². The van der Waals surface area contributed by atoms with E-state index >= 15 is 0 Å². The van der Waals surface area contributed by atoms with Crippen LogP contribution < -0.4 is 4.90 Å². The maximum Gasteiger partial charge on any atom is 0.269 e. The average molecular weight is 375 g/mol. The molecule has 0 bridgehead atoms. The zero-order valence-electron chi connectivity index (χ0n) is 14.6. The van der Waals surface area contributed by atoms with Gasteiger partial charge in [-0.15, -0.1) is 11.6 Å². The van der Waals surface area contributed by atoms with E-state index in [2.05, 4.69) is 0 Å². The highest BCUT2D eigenvalue weighted by Crippen LogP contribution is 2.45. The standard InChI is InChI=1S/C19H19ClN2O4/c1-10(2)14-9-15(11(3)7-16(14)23)21-18(17(20)19(21)24)12-5-4-6-13(8-12)22(25)26/h4-10,17-18,23H,1-3H3. The van der Waals surface area contributed by atoms with E-state index < -0.39 is 16.3 Å². The summed E-state index contributed by atoms with van der Waals surface area (Å²) in [6.45, 7) is 5.71. The normalized spacial score (nSPS) is 19.6. The first-order valence-corrected chi connectivity index (χ1v) is 8.71. The number of aromatic hydroxyl groups is 1. The van der Waals surface area contributed by atoms with E-state index in [9.17, 15) is 20.0 Å². The van der Waals surface area contributed by atoms with Crippen molar-refractivity contribution in [2.45, 2.75) is 38.1 Å². The molecular weight excluding hydrogens is 356 g/mol. The van der Waals surface area contributed by atoms with Gasteiger partial charge in [-0.1, -0.05) is 26.0 Å². The second-order valence-corrected chi connectivity index (χ2v) is 7.23. The number of phenols is 1. The van der Waals surface area contributed by atoms with E-state index in [4.69, 9.17) is 11.6 Å². The van der Waals surface area contributed by atoms with Crippen molar-refractivity contribution in [2.24, 2.45) is 0 Å². The van der Waals surface area contributed by atoms with Gasteiger partial charge in [-0.05, 0) is 41.7 Å². The number of halogens is 1. The van der Waals surface area contributed by atoms with Gasteiger partial charge >= 0.3 is 0 Å². The van der Waals surface area contributed by atoms with Crippen LogP contribution in [0.5, 0.6) is 5.75 Å². The molecule has 3 rings (SSSR count). The van der Waals surface area contributed by atoms with Crippen molar-refractivity contribution in [2.75, 3.05) is 4.90 Å². The Balaban J connectivity index is 2.07. The number of β-lactam (4-membered cyclic amide) rings is 1. The number of non-ortho nitro benzene ring substituents is 1. The van der Waals surface area contributed by atoms with Gasteiger partial charge in [0.15, 0.2) is 0 Å². The van der Waals surface area contributed by atoms with Crippen LogP contribution in [0.1, 0.15) is 42.5 Å². The molecule has 0 radical (unpaired) electrons. The van der Waals surface area contributed by atoms with Crippen LogP contribution >= 0.6 is 11.6 Å². The molecular formula is C19H19ClN2O4. The van der Waals surface area contributed by atoms with Crippen LogP contribution in [0.25, 0.3) is 0 Å². The lowest BCUT2D eigenvalue weighted by Gasteiger charge is -2.45. The van der Waals surface area contributed by atoms with Crippen LogP contribution in [-0.4, -0.2) is 21.3 Å². The second-order valence-electron chi connectivity index (χ2n) is 6.76. The maximum atomic E-state index is 12.5. The summed E-state index contributed by atoms with van der Waals surface area (Å²) in [7, 11) is 0. The van der Waals surface area contributed by atoms with Crippen LogP contribution in [0.3, 0.4) is 0 Å². The van der Waals surface area contributed by atoms with Crippen molar-refractivity contribution in [3.8, 4) is 5.75 Å². The average Bonchev–Trinajstić information content (AvgIpc) is 2.59. The van der Waals surface area contributed by atoms with E-state index in [1.165, 1.54) is 12.1 Å². The molecule has 1 fully saturated rings. The first kappa shape index (κ1) is 18.2. The number of carbonyl (C=O) groups excluding carboxylic acids is 1. The Kier molecular flexibility index (Phi) is 4.63. The molecule has 1 amide bonds. The van der Waals surface area contributed by atoms with Gasteiger partial charge in [0.25, 0.3) is 5.69 Å². The number of nitro benzene ring substituents is 1. The Morgan fingerprint density at radius 1 is 1.27 bits per heavy atom. The topological polar surface area (TPSA) is 83.7 Å². The molecule has 0 spiro atoms. The SMILES string of the molecule is Cc1cc(O)c(C(C)C)cc1N1C(=O)C(Cl)C1c1cccc([N+](=O)[O-])c1. The molecule has 6 nitrogen and oxygen atoms in total. The molecule has 0 saturated carbocycles. The Morgan fingerprint density at radius 3 is 2.58 bits per heavy atom. The number of carbonyl (C=O) groups is 1. The zero-order chi connectivity index (χ0) is 19.2. The number of alkyl halides is 1. The number of rotatable bonds is 4. The highest BCUT2D eigenvalue weighted by Gasteiger charge is 2.48. The quantitative estimate of drug-likeness (QED) is 0.371. The predicted octanol–water partition coefficient (Wildman–Crippen LogP) is 4.43. The van der Waals surface area contributed by atoms with Gasteiger partial charge in [0.2, 0.25) is 5.91 Å². The van der Waals surface area contributed by atoms with Gasteiger partial charge in [-0.25, -0.2) is 0 Å². The number of anilines is 1. The van der Waals surface area contributed by atoms with Gasteiger partial charge in [0, 0.05) is 17.8 Å². The van der Waals surface area contributed by atoms with E-state index in [-0.39, 0.29) is 23.3 Å². The van der Waals surface area contributed by atoms with Crippen molar-refractivity contribution < 1.29 is 14.8 Å². The number of hydrogen-bond acceptors (Lipinski definition) is 4. The van der Waals surface area contributed by atoms with Gasteiger partial charge in [-0.3, -0.25) is 14.9 Å². The van der Waals surface area contributed by atoms with Crippen LogP contribution in [-0.2, 0) is 4.79 Å². The number of aryl methyl sites for hydroxylation is 1. The summed E-state index contributed by atoms with van der Waals surface area (Å²) in [5, 5.41) is 20.4. The van der Waals surface area contributed by atoms with Gasteiger partial charge < -0.3 is 10.0 Å². The zero-order valence-corrected chi connectivity index (χ0v) is 15.4. The summed E-state index contributed by atoms with van der Waals surface area (Å²) in [6.07, 6.45) is 0. The monoisotopic (exact) mass is 374 g/mol. The summed E-state index contributed by atoms with van der Waals surface area (Å²) in [4.78, 5) is 24.6. The van der Waals surface area contributed by atoms with Crippen molar-refractivity contribution >= 4 is 28.9 Å². The lowest BCUT2D eigenvalue weighted by atomic mass is 9.90. The van der Waals surface area contributed by atoms with Crippen molar-refractivity contribution in [1.29, 1.82) is 0 Å². The summed E-state index contributed by atoms with van der Waals surface area (Å²) in [5.41, 5.74) is 2.69. The number of phenolic OH excluding ortho intramolecular Hbond substituents is 1. The molecule has 1 aliphatic rings. The molecule has 136 valence electrons. The Bertz CT molecular complexity index is 897. The first-order valence-electron chi connectivity index (χ1n) is 8.27. The van der Waals surface area contributed by atoms with E-state index in [0.29, 0.717) is 11.3 Å². The number of nitrogens with zero attached hydrogens (tertiary/aromatic N) is 2. The first-order chi connectivity index (χ1) is 12.2. The van der Waals surface area contributed by atoms with Crippen LogP contribution in [0.4, 0.5) is 11.4 Å². The fourth-order valence-electron chi connectivity index (χ4n) is 3.28. The van der Waals surface area contributed by atoms with Gasteiger partial charge in [0.1, 0.15) is 11.1 Å². The number of hydrogen-bond donors (Lipinski definition) is 1. The van der Waals surface area contributed by atoms with Crippen molar-refractivity contribution in [3.05, 3.63) is 63.2 Å². The molecule has 7 heteroatoms. The molecule has 1 heterocycles. The van der Waals surface area contributed by atoms with Crippen molar-refractivity contribution in [3.63, 3.8) is 0 Å². The largest absolute Gasteiger partial charge is 0.508 e. The summed E-state index contributed by atoms with van der Waals surface area (Å²) in [5.74, 6) is 0.00371. The Hall–Kier alpha value is -2.60. The number of amides is 1. The molecule has 2 atom stereocenters. The predicted molar refractivity (Wildman–Crippen MR) is 99.9 cm³/mol. The lowest BCUT2D eigenvalue weighted by Crippen LogP contribution is -2.56. The minimum absolute atomic E-state index is 0.0454. The highest BCUT2D eigenvalue weighted by molar-refractivity contribution is 6.37. The van der Waals surface area contributed by atoms with Gasteiger partial charge in [0.05, 0.1) is 11.0 Å². The maximum absolute atomic E-state index is 12.5. The van der Waals surface area contributed by atoms with E-state index in [0.717, 1.165) is 11.1 Å². The fraction of sp³-hybridized carbons (Fsp3) is 0.316. The molecule has 1 saturated heterocycles. The molecule has 0 aromatic heterocycles. The third-order valence-electron chi connectivity index (χ3n) is 4.68. The molecule has 26 heavy (non-hydrogen) atoms. The molecule has 2 unspecified atom stereocenters. The molecule has 2 aromatic carbocycles. The fourth-order valence-corrected chi connectivity index (χ4v) is 3.65. The van der Waals surface area contributed by atoms with Crippen LogP contribution in [0.2, 0.25) is 0 Å². The van der Waals surface area contributed by atoms with E-state index in [1.807, 2.05) is 13.8 Å². The molecule has 2 aromatic rings. The molecule has 1 aliphatic heterocycles. The van der Waals surface area contributed by atoms with E-state index in [1.54, 1.807) is 36.1 Å². The number of nitro groups is 1. The molecule has 0 aliphatic carbocycles. The minimum atomic E-state index is -0.785. The molecule has 1 N–H and O–H groups in total. The summed E-state index contributed by atoms with van der Waals surface area (Å²) < 4.78 is 0. The second kappa shape index (κ2) is 6.61. The highest BCUT2D eigenvalue weighted by atomic mass is 35.5. The van der Waals surface area contributed by atoms with Crippen LogP contribution in [0, 0.1) is 17.0 Å². The van der Waals surface area contributed by atoms with Crippen molar-refractivity contribution in [1.82, 2.24) is 0 Å². The van der Waals surface area contributed by atoms with Gasteiger partial charge in [-0.2, -0.15) is 0 Å². The minimum Gasteiger partial charge on any atom is -0.508 e. The Morgan fingerprint density at radius 2 is 1.96 bits per heavy atom. The summed E-state index contributed by atoms with van der Waals surface area (Å²) in [6, 6.07) is 9.09. The summed E-state index contributed by atoms with van der Waals surface area (Å²) >= 11 is 6.25. The third kappa shape index (κ3) is 2.90. The smallest absolute Gasteiger partial charge is 0.269 e. The Labute approximate surface area is 156 Å². The number of benzene rings is 2.